The molecule has 0 amide bonds. The second-order valence-electron chi connectivity index (χ2n) is 12.3. The quantitative estimate of drug-likeness (QED) is 0.116. The molecule has 0 spiro atoms. The zero-order chi connectivity index (χ0) is 29.7. The van der Waals surface area contributed by atoms with Crippen LogP contribution in [0.3, 0.4) is 0 Å². The Balaban J connectivity index is 1.87. The summed E-state index contributed by atoms with van der Waals surface area (Å²) in [5.41, 5.74) is -0.499. The molecule has 5 nitrogen and oxygen atoms in total. The zero-order valence-electron chi connectivity index (χ0n) is 24.2. The number of unbranched alkanes of at least 4 members (excludes halogenated alkanes) is 1. The molecule has 1 aliphatic heterocycles. The number of likely N-dealkylation sites (tertiary alicyclic amines) is 1. The lowest BCUT2D eigenvalue weighted by Crippen LogP contribution is -2.52. The number of halogens is 4. The molecule has 0 bridgehead atoms. The summed E-state index contributed by atoms with van der Waals surface area (Å²) in [4.78, 5) is 10.5. The van der Waals surface area contributed by atoms with Crippen LogP contribution in [0.25, 0.3) is 0 Å². The number of hydrogen-bond donors (Lipinski definition) is 1. The van der Waals surface area contributed by atoms with Crippen LogP contribution in [-0.4, -0.2) is 57.5 Å². The van der Waals surface area contributed by atoms with Crippen molar-refractivity contribution >= 4 is 16.8 Å². The number of alkyl halides is 4. The van der Waals surface area contributed by atoms with Crippen LogP contribution in [-0.2, 0) is 0 Å². The molecular weight excluding hydrogens is 542 g/mol. The Morgan fingerprint density at radius 1 is 1.35 bits per heavy atom. The van der Waals surface area contributed by atoms with Gasteiger partial charge in [0.1, 0.15) is 5.04 Å². The van der Waals surface area contributed by atoms with E-state index in [1.54, 1.807) is 12.1 Å². The Labute approximate surface area is 240 Å². The number of aliphatic imine (C=N–C) groups is 1. The number of rotatable bonds is 12. The van der Waals surface area contributed by atoms with Gasteiger partial charge in [0.2, 0.25) is 5.88 Å². The van der Waals surface area contributed by atoms with Crippen LogP contribution in [0.2, 0.25) is 0 Å². The van der Waals surface area contributed by atoms with Gasteiger partial charge in [0, 0.05) is 55.0 Å². The van der Waals surface area contributed by atoms with Gasteiger partial charge in [-0.1, -0.05) is 47.6 Å². The second kappa shape index (κ2) is 13.3. The average molecular weight is 586 g/mol. The van der Waals surface area contributed by atoms with Crippen molar-refractivity contribution in [3.05, 3.63) is 48.5 Å². The summed E-state index contributed by atoms with van der Waals surface area (Å²) in [5.74, 6) is -3.19. The zero-order valence-corrected chi connectivity index (χ0v) is 25.0. The van der Waals surface area contributed by atoms with E-state index >= 15 is 0 Å². The first-order chi connectivity index (χ1) is 18.7. The van der Waals surface area contributed by atoms with Crippen molar-refractivity contribution in [2.75, 3.05) is 19.6 Å². The third-order valence-electron chi connectivity index (χ3n) is 7.87. The second-order valence-corrected chi connectivity index (χ2v) is 13.7. The maximum atomic E-state index is 14.2. The molecule has 4 unspecified atom stereocenters. The number of aliphatic hydroxyl groups excluding tert-OH is 1. The average Bonchev–Trinajstić information content (AvgIpc) is 3.46. The first kappa shape index (κ1) is 32.4. The molecule has 1 aromatic rings. The van der Waals surface area contributed by atoms with Gasteiger partial charge in [-0.3, -0.25) is 0 Å². The number of nitrogens with zero attached hydrogens (tertiary/aromatic N) is 3. The molecule has 0 aromatic carbocycles. The molecule has 2 fully saturated rings. The number of ether oxygens (including phenoxy) is 1. The summed E-state index contributed by atoms with van der Waals surface area (Å²) in [6.07, 6.45) is 6.88. The van der Waals surface area contributed by atoms with Crippen LogP contribution in [0.15, 0.2) is 47.9 Å². The Bertz CT molecular complexity index is 1080. The topological polar surface area (TPSA) is 58.0 Å². The smallest absolute Gasteiger partial charge is 0.388 e. The van der Waals surface area contributed by atoms with E-state index in [4.69, 9.17) is 0 Å². The molecule has 10 heteroatoms. The third kappa shape index (κ3) is 8.47. The lowest BCUT2D eigenvalue weighted by atomic mass is 9.64. The van der Waals surface area contributed by atoms with Gasteiger partial charge in [0.25, 0.3) is 5.92 Å². The molecule has 40 heavy (non-hydrogen) atoms. The van der Waals surface area contributed by atoms with E-state index in [1.165, 1.54) is 24.2 Å². The highest BCUT2D eigenvalue weighted by molar-refractivity contribution is 8.15. The summed E-state index contributed by atoms with van der Waals surface area (Å²) in [6.45, 7) is 13.0. The van der Waals surface area contributed by atoms with Gasteiger partial charge in [0.15, 0.2) is 0 Å². The van der Waals surface area contributed by atoms with Crippen LogP contribution >= 0.6 is 11.8 Å². The van der Waals surface area contributed by atoms with Gasteiger partial charge >= 0.3 is 6.61 Å². The Hall–Kier alpha value is -2.07. The van der Waals surface area contributed by atoms with E-state index in [-0.39, 0.29) is 41.1 Å². The maximum Gasteiger partial charge on any atom is 0.388 e. The first-order valence-electron chi connectivity index (χ1n) is 14.0. The van der Waals surface area contributed by atoms with Crippen LogP contribution in [0.5, 0.6) is 5.88 Å². The molecule has 0 radical (unpaired) electrons. The van der Waals surface area contributed by atoms with E-state index in [1.807, 2.05) is 19.9 Å². The van der Waals surface area contributed by atoms with E-state index in [9.17, 15) is 22.7 Å². The first-order valence-corrected chi connectivity index (χ1v) is 14.8. The van der Waals surface area contributed by atoms with Crippen LogP contribution in [0, 0.1) is 22.7 Å². The predicted octanol–water partition coefficient (Wildman–Crippen LogP) is 8.34. The molecule has 1 saturated heterocycles. The third-order valence-corrected chi connectivity index (χ3v) is 8.97. The molecule has 224 valence electrons. The molecule has 1 aromatic heterocycles. The maximum absolute atomic E-state index is 14.2. The van der Waals surface area contributed by atoms with Gasteiger partial charge in [-0.05, 0) is 48.8 Å². The minimum Gasteiger partial charge on any atom is -0.512 e. The summed E-state index contributed by atoms with van der Waals surface area (Å²) in [5, 5.41) is 11.8. The number of aliphatic hydroxyl groups is 1. The fraction of sp³-hybridized carbons (Fsp3) is 0.667. The lowest BCUT2D eigenvalue weighted by molar-refractivity contribution is -0.0529. The molecule has 1 saturated carbocycles. The molecule has 2 heterocycles. The van der Waals surface area contributed by atoms with Crippen molar-refractivity contribution in [3.8, 4) is 5.88 Å². The van der Waals surface area contributed by atoms with E-state index < -0.39 is 23.9 Å². The van der Waals surface area contributed by atoms with Crippen molar-refractivity contribution < 1.29 is 27.4 Å². The van der Waals surface area contributed by atoms with E-state index in [0.717, 1.165) is 13.0 Å². The predicted molar refractivity (Wildman–Crippen MR) is 154 cm³/mol. The summed E-state index contributed by atoms with van der Waals surface area (Å²) in [7, 11) is 0. The SMILES string of the molecule is C=CN=C(SC(C)CN1CC(C(C)(C)C)CC(CC2CC2(F)F)(/C(O)=C/CCC)C1)c1cccnc1OC(F)F. The van der Waals surface area contributed by atoms with Crippen LogP contribution < -0.4 is 4.74 Å². The molecular formula is C30H43F4N3O2S. The Morgan fingerprint density at radius 2 is 2.05 bits per heavy atom. The van der Waals surface area contributed by atoms with Gasteiger partial charge in [-0.2, -0.15) is 8.78 Å². The number of piperidine rings is 1. The highest BCUT2D eigenvalue weighted by atomic mass is 32.2. The van der Waals surface area contributed by atoms with Crippen LogP contribution in [0.1, 0.15) is 72.3 Å². The highest BCUT2D eigenvalue weighted by Crippen LogP contribution is 2.58. The highest BCUT2D eigenvalue weighted by Gasteiger charge is 2.60. The Kier molecular flexibility index (Phi) is 10.8. The fourth-order valence-electron chi connectivity index (χ4n) is 5.59. The van der Waals surface area contributed by atoms with Gasteiger partial charge in [-0.15, -0.1) is 11.8 Å². The van der Waals surface area contributed by atoms with Crippen LogP contribution in [0.4, 0.5) is 17.6 Å². The largest absolute Gasteiger partial charge is 0.512 e. The van der Waals surface area contributed by atoms with E-state index in [2.05, 4.69) is 47.0 Å². The number of hydrogen-bond acceptors (Lipinski definition) is 6. The summed E-state index contributed by atoms with van der Waals surface area (Å²) < 4.78 is 59.0. The molecule has 4 atom stereocenters. The number of thioether (sulfide) groups is 1. The Morgan fingerprint density at radius 3 is 2.62 bits per heavy atom. The normalized spacial score (nSPS) is 26.6. The van der Waals surface area contributed by atoms with Crippen molar-refractivity contribution in [2.24, 2.45) is 27.7 Å². The van der Waals surface area contributed by atoms with Crippen molar-refractivity contribution in [3.63, 3.8) is 0 Å². The standard InChI is InChI=1S/C30H43F4N3O2S/c1-7-9-12-24(38)29(14-21-16-30(21,33)34)15-22(28(4,5)6)18-37(19-29)17-20(3)40-26(35-8-2)23-11-10-13-36-25(23)39-27(31)32/h8,10-13,20-22,27,38H,2,7,9,14-19H2,1,3-6H3/b24-12-,35-26?. The van der Waals surface area contributed by atoms with Gasteiger partial charge < -0.3 is 14.7 Å². The lowest BCUT2D eigenvalue weighted by Gasteiger charge is -2.50. The van der Waals surface area contributed by atoms with Crippen molar-refractivity contribution in [1.82, 2.24) is 9.88 Å². The summed E-state index contributed by atoms with van der Waals surface area (Å²) >= 11 is 1.39. The number of allylic oxidation sites excluding steroid dienone is 1. The minimum atomic E-state index is -3.02. The number of pyridine rings is 1. The van der Waals surface area contributed by atoms with E-state index in [0.29, 0.717) is 36.5 Å². The number of aromatic nitrogens is 1. The molecule has 1 aliphatic carbocycles. The van der Waals surface area contributed by atoms with Gasteiger partial charge in [0.05, 0.1) is 11.3 Å². The summed E-state index contributed by atoms with van der Waals surface area (Å²) in [6, 6.07) is 3.25. The molecule has 1 N–H and O–H groups in total. The van der Waals surface area contributed by atoms with Crippen molar-refractivity contribution in [1.29, 1.82) is 0 Å². The fourth-order valence-corrected chi connectivity index (χ4v) is 6.68. The molecule has 2 aliphatic rings. The monoisotopic (exact) mass is 585 g/mol. The molecule has 3 rings (SSSR count). The van der Waals surface area contributed by atoms with Crippen molar-refractivity contribution in [2.45, 2.75) is 84.5 Å². The minimum absolute atomic E-state index is 0.0566. The van der Waals surface area contributed by atoms with Gasteiger partial charge in [-0.25, -0.2) is 18.8 Å².